The molecule has 2 aromatic carbocycles. The Labute approximate surface area is 252 Å². The highest BCUT2D eigenvalue weighted by atomic mass is 16.5. The van der Waals surface area contributed by atoms with Gasteiger partial charge in [0.05, 0.1) is 23.5 Å². The van der Waals surface area contributed by atoms with E-state index in [4.69, 9.17) is 26.2 Å². The average molecular weight is 574 g/mol. The maximum Gasteiger partial charge on any atom is 0.165 e. The van der Waals surface area contributed by atoms with Gasteiger partial charge in [-0.1, -0.05) is 38.1 Å². The van der Waals surface area contributed by atoms with Gasteiger partial charge >= 0.3 is 0 Å². The number of nitrogens with two attached hydrogens (primary N) is 2. The molecule has 0 spiro atoms. The van der Waals surface area contributed by atoms with E-state index < -0.39 is 0 Å². The highest BCUT2D eigenvalue weighted by Gasteiger charge is 2.35. The molecule has 4 N–H and O–H groups in total. The van der Waals surface area contributed by atoms with Crippen LogP contribution in [0.2, 0.25) is 0 Å². The predicted octanol–water partition coefficient (Wildman–Crippen LogP) is 6.46. The summed E-state index contributed by atoms with van der Waals surface area (Å²) in [7, 11) is 0. The van der Waals surface area contributed by atoms with Crippen molar-refractivity contribution in [2.75, 3.05) is 23.7 Å². The molecule has 2 bridgehead atoms. The van der Waals surface area contributed by atoms with Gasteiger partial charge in [0.15, 0.2) is 11.5 Å². The van der Waals surface area contributed by atoms with Gasteiger partial charge in [0.2, 0.25) is 0 Å². The molecule has 8 nitrogen and oxygen atoms in total. The Morgan fingerprint density at radius 2 is 1.63 bits per heavy atom. The zero-order valence-corrected chi connectivity index (χ0v) is 24.9. The molecule has 2 unspecified atom stereocenters. The number of fused-ring (bicyclic) bond motifs is 3. The first kappa shape index (κ1) is 27.6. The SMILES string of the molecule is CC.Nc1ncccc1-c1nc2ccc(-c3cccc(N4CC5CCC(C4)O5)c3)nc2n1-c1ccc(C2(N)CCC2)cc1. The van der Waals surface area contributed by atoms with Crippen molar-refractivity contribution in [2.45, 2.75) is 63.7 Å². The fourth-order valence-electron chi connectivity index (χ4n) is 6.63. The highest BCUT2D eigenvalue weighted by Crippen LogP contribution is 2.39. The monoisotopic (exact) mass is 573 g/mol. The van der Waals surface area contributed by atoms with E-state index in [0.717, 1.165) is 72.4 Å². The zero-order valence-electron chi connectivity index (χ0n) is 24.9. The molecule has 3 aliphatic rings. The second-order valence-electron chi connectivity index (χ2n) is 11.7. The maximum absolute atomic E-state index is 6.63. The van der Waals surface area contributed by atoms with Gasteiger partial charge in [-0.2, -0.15) is 0 Å². The van der Waals surface area contributed by atoms with Crippen molar-refractivity contribution in [3.8, 4) is 28.3 Å². The van der Waals surface area contributed by atoms with Crippen LogP contribution in [-0.2, 0) is 10.3 Å². The van der Waals surface area contributed by atoms with Crippen molar-refractivity contribution in [2.24, 2.45) is 5.73 Å². The van der Waals surface area contributed by atoms with Crippen molar-refractivity contribution in [1.82, 2.24) is 19.5 Å². The molecule has 8 heteroatoms. The van der Waals surface area contributed by atoms with E-state index in [1.807, 2.05) is 32.0 Å². The second-order valence-corrected chi connectivity index (χ2v) is 11.7. The molecular formula is C35H39N7O. The molecule has 1 aliphatic carbocycles. The van der Waals surface area contributed by atoms with Crippen LogP contribution in [-0.4, -0.2) is 44.8 Å². The van der Waals surface area contributed by atoms with Gasteiger partial charge < -0.3 is 21.1 Å². The minimum Gasteiger partial charge on any atom is -0.383 e. The van der Waals surface area contributed by atoms with E-state index >= 15 is 0 Å². The number of aromatic nitrogens is 4. The van der Waals surface area contributed by atoms with Gasteiger partial charge in [0.1, 0.15) is 11.3 Å². The molecule has 1 saturated carbocycles. The van der Waals surface area contributed by atoms with Crippen molar-refractivity contribution in [3.63, 3.8) is 0 Å². The lowest BCUT2D eigenvalue weighted by Crippen LogP contribution is -2.43. The number of imidazole rings is 1. The van der Waals surface area contributed by atoms with Gasteiger partial charge in [-0.25, -0.2) is 15.0 Å². The number of rotatable bonds is 5. The standard InChI is InChI=1S/C33H33N7O.C2H6/c34-30-27(6-2-17-36-30)31-38-29-14-13-28(21-4-1-5-24(18-21)39-19-25-11-12-26(20-39)41-25)37-32(29)40(31)23-9-7-22(8-10-23)33(35)15-3-16-33;1-2/h1-2,4-10,13-14,17-18,25-26H,3,11-12,15-16,19-20,35H2,(H2,34,36);1-2H3. The lowest BCUT2D eigenvalue weighted by atomic mass is 9.73. The lowest BCUT2D eigenvalue weighted by molar-refractivity contribution is 0.0305. The lowest BCUT2D eigenvalue weighted by Gasteiger charge is -2.38. The van der Waals surface area contributed by atoms with Crippen molar-refractivity contribution < 1.29 is 4.74 Å². The van der Waals surface area contributed by atoms with Crippen molar-refractivity contribution in [1.29, 1.82) is 0 Å². The molecule has 2 atom stereocenters. The minimum absolute atomic E-state index is 0.220. The Hall–Kier alpha value is -4.27. The van der Waals surface area contributed by atoms with Gasteiger partial charge in [0, 0.05) is 41.8 Å². The number of benzene rings is 2. The summed E-state index contributed by atoms with van der Waals surface area (Å²) in [6.07, 6.45) is 7.90. The van der Waals surface area contributed by atoms with E-state index in [9.17, 15) is 0 Å². The molecule has 8 rings (SSSR count). The Morgan fingerprint density at radius 3 is 2.33 bits per heavy atom. The summed E-state index contributed by atoms with van der Waals surface area (Å²) in [6.45, 7) is 5.88. The molecule has 2 aliphatic heterocycles. The fourth-order valence-corrected chi connectivity index (χ4v) is 6.63. The molecular weight excluding hydrogens is 534 g/mol. The molecule has 3 aromatic heterocycles. The number of hydrogen-bond acceptors (Lipinski definition) is 7. The quantitative estimate of drug-likeness (QED) is 0.248. The first-order valence-corrected chi connectivity index (χ1v) is 15.6. The summed E-state index contributed by atoms with van der Waals surface area (Å²) in [4.78, 5) is 17.0. The zero-order chi connectivity index (χ0) is 29.6. The number of morpholine rings is 1. The topological polar surface area (TPSA) is 108 Å². The van der Waals surface area contributed by atoms with Gasteiger partial charge in [0.25, 0.3) is 0 Å². The molecule has 0 amide bonds. The van der Waals surface area contributed by atoms with Crippen LogP contribution in [0.25, 0.3) is 39.5 Å². The Balaban J connectivity index is 0.00000147. The van der Waals surface area contributed by atoms with Crippen LogP contribution in [0.4, 0.5) is 11.5 Å². The fraction of sp³-hybridized carbons (Fsp3) is 0.343. The number of pyridine rings is 2. The van der Waals surface area contributed by atoms with Crippen LogP contribution in [0, 0.1) is 0 Å². The van der Waals surface area contributed by atoms with Crippen LogP contribution < -0.4 is 16.4 Å². The third kappa shape index (κ3) is 4.94. The number of nitrogen functional groups attached to an aromatic ring is 1. The molecule has 0 radical (unpaired) electrons. The summed E-state index contributed by atoms with van der Waals surface area (Å²) >= 11 is 0. The predicted molar refractivity (Wildman–Crippen MR) is 173 cm³/mol. The van der Waals surface area contributed by atoms with Crippen LogP contribution in [0.1, 0.15) is 51.5 Å². The molecule has 5 heterocycles. The summed E-state index contributed by atoms with van der Waals surface area (Å²) in [5.74, 6) is 1.15. The van der Waals surface area contributed by atoms with Crippen LogP contribution in [0.3, 0.4) is 0 Å². The summed E-state index contributed by atoms with van der Waals surface area (Å²) in [5, 5.41) is 0. The van der Waals surface area contributed by atoms with Gasteiger partial charge in [-0.15, -0.1) is 0 Å². The van der Waals surface area contributed by atoms with Gasteiger partial charge in [-0.05, 0) is 86.2 Å². The average Bonchev–Trinajstić information content (AvgIpc) is 3.59. The minimum atomic E-state index is -0.220. The first-order chi connectivity index (χ1) is 21.0. The van der Waals surface area contributed by atoms with E-state index in [-0.39, 0.29) is 5.54 Å². The number of hydrogen-bond donors (Lipinski definition) is 2. The summed E-state index contributed by atoms with van der Waals surface area (Å²) in [6, 6.07) is 25.1. The molecule has 3 fully saturated rings. The number of ether oxygens (including phenoxy) is 1. The Morgan fingerprint density at radius 1 is 0.860 bits per heavy atom. The number of anilines is 2. The van der Waals surface area contributed by atoms with Crippen LogP contribution in [0.5, 0.6) is 0 Å². The van der Waals surface area contributed by atoms with Crippen LogP contribution >= 0.6 is 0 Å². The Bertz CT molecular complexity index is 1750. The highest BCUT2D eigenvalue weighted by molar-refractivity contribution is 5.85. The Kier molecular flexibility index (Phi) is 7.11. The van der Waals surface area contributed by atoms with Crippen molar-refractivity contribution >= 4 is 22.7 Å². The van der Waals surface area contributed by atoms with Crippen LogP contribution in [0.15, 0.2) is 79.0 Å². The van der Waals surface area contributed by atoms with E-state index in [0.29, 0.717) is 23.9 Å². The van der Waals surface area contributed by atoms with E-state index in [2.05, 4.69) is 69.0 Å². The third-order valence-electron chi connectivity index (χ3n) is 9.08. The van der Waals surface area contributed by atoms with E-state index in [1.165, 1.54) is 17.7 Å². The molecule has 5 aromatic rings. The van der Waals surface area contributed by atoms with Crippen molar-refractivity contribution in [3.05, 3.63) is 84.6 Å². The molecule has 220 valence electrons. The maximum atomic E-state index is 6.63. The summed E-state index contributed by atoms with van der Waals surface area (Å²) < 4.78 is 8.15. The smallest absolute Gasteiger partial charge is 0.165 e. The molecule has 43 heavy (non-hydrogen) atoms. The van der Waals surface area contributed by atoms with E-state index in [1.54, 1.807) is 6.20 Å². The normalized spacial score (nSPS) is 20.4. The first-order valence-electron chi connectivity index (χ1n) is 15.6. The largest absolute Gasteiger partial charge is 0.383 e. The number of nitrogens with zero attached hydrogens (tertiary/aromatic N) is 5. The summed E-state index contributed by atoms with van der Waals surface area (Å²) in [5.41, 5.74) is 20.4. The second kappa shape index (κ2) is 11.1. The molecule has 2 saturated heterocycles. The van der Waals surface area contributed by atoms with Gasteiger partial charge in [-0.3, -0.25) is 4.57 Å². The third-order valence-corrected chi connectivity index (χ3v) is 9.08.